The normalized spacial score (nSPS) is 20.2. The van der Waals surface area contributed by atoms with Crippen LogP contribution < -0.4 is 0 Å². The van der Waals surface area contributed by atoms with Crippen molar-refractivity contribution in [1.82, 2.24) is 14.7 Å². The first-order valence-electron chi connectivity index (χ1n) is 5.60. The zero-order chi connectivity index (χ0) is 12.4. The fourth-order valence-corrected chi connectivity index (χ4v) is 2.13. The summed E-state index contributed by atoms with van der Waals surface area (Å²) in [6.07, 6.45) is 0. The van der Waals surface area contributed by atoms with Gasteiger partial charge in [0, 0.05) is 19.7 Å². The predicted octanol–water partition coefficient (Wildman–Crippen LogP) is 0.318. The lowest BCUT2D eigenvalue weighted by Gasteiger charge is -2.32. The lowest BCUT2D eigenvalue weighted by atomic mass is 10.2. The Balaban J connectivity index is 2.13. The molecule has 1 aliphatic rings. The highest BCUT2D eigenvalue weighted by atomic mass is 16.5. The molecule has 2 heterocycles. The maximum Gasteiger partial charge on any atom is 0.317 e. The van der Waals surface area contributed by atoms with E-state index in [1.54, 1.807) is 7.11 Å². The molecule has 1 aromatic heterocycles. The van der Waals surface area contributed by atoms with Crippen molar-refractivity contribution in [1.29, 1.82) is 0 Å². The smallest absolute Gasteiger partial charge is 0.317 e. The maximum atomic E-state index is 10.7. The molecule has 17 heavy (non-hydrogen) atoms. The summed E-state index contributed by atoms with van der Waals surface area (Å²) in [5, 5.41) is 13.3. The van der Waals surface area contributed by atoms with E-state index in [0.717, 1.165) is 17.9 Å². The molecule has 94 valence electrons. The number of carboxylic acids is 1. The second-order valence-corrected chi connectivity index (χ2v) is 4.39. The molecule has 0 bridgehead atoms. The van der Waals surface area contributed by atoms with Crippen LogP contribution in [-0.4, -0.2) is 45.5 Å². The number of aromatic nitrogens is 2. The monoisotopic (exact) mass is 239 g/mol. The van der Waals surface area contributed by atoms with Crippen molar-refractivity contribution in [3.8, 4) is 0 Å². The Kier molecular flexibility index (Phi) is 3.44. The van der Waals surface area contributed by atoms with Crippen LogP contribution >= 0.6 is 0 Å². The number of aliphatic carboxylic acids is 1. The lowest BCUT2D eigenvalue weighted by Crippen LogP contribution is -2.43. The third-order valence-corrected chi connectivity index (χ3v) is 2.97. The highest BCUT2D eigenvalue weighted by Crippen LogP contribution is 2.18. The highest BCUT2D eigenvalue weighted by Gasteiger charge is 2.25. The summed E-state index contributed by atoms with van der Waals surface area (Å²) in [6.45, 7) is 3.94. The quantitative estimate of drug-likeness (QED) is 0.819. The van der Waals surface area contributed by atoms with Crippen LogP contribution in [0.25, 0.3) is 0 Å². The van der Waals surface area contributed by atoms with Gasteiger partial charge in [-0.25, -0.2) is 0 Å². The number of nitrogens with zero attached hydrogens (tertiary/aromatic N) is 3. The summed E-state index contributed by atoms with van der Waals surface area (Å²) in [5.41, 5.74) is 1.95. The fourth-order valence-electron chi connectivity index (χ4n) is 2.13. The van der Waals surface area contributed by atoms with Gasteiger partial charge >= 0.3 is 5.97 Å². The Morgan fingerprint density at radius 3 is 3.12 bits per heavy atom. The number of rotatable bonds is 4. The topological polar surface area (TPSA) is 67.6 Å². The van der Waals surface area contributed by atoms with Crippen molar-refractivity contribution in [2.24, 2.45) is 0 Å². The van der Waals surface area contributed by atoms with Gasteiger partial charge in [-0.15, -0.1) is 0 Å². The molecule has 1 unspecified atom stereocenters. The molecule has 6 heteroatoms. The van der Waals surface area contributed by atoms with Gasteiger partial charge < -0.3 is 9.84 Å². The van der Waals surface area contributed by atoms with Crippen LogP contribution in [0.5, 0.6) is 0 Å². The molecule has 0 spiro atoms. The van der Waals surface area contributed by atoms with Gasteiger partial charge in [-0.3, -0.25) is 14.4 Å². The third kappa shape index (κ3) is 2.65. The van der Waals surface area contributed by atoms with Crippen LogP contribution in [0.1, 0.15) is 18.3 Å². The van der Waals surface area contributed by atoms with E-state index < -0.39 is 5.97 Å². The number of hydrogen-bond acceptors (Lipinski definition) is 4. The molecule has 1 aliphatic heterocycles. The Labute approximate surface area is 99.8 Å². The number of hydrogen-bond donors (Lipinski definition) is 1. The standard InChI is InChI=1S/C11H17N3O3/c1-8-4-14-10(3-9(12-14)7-17-2)5-13(8)6-11(15)16/h3,8H,4-7H2,1-2H3,(H,15,16). The molecule has 1 atom stereocenters. The molecule has 0 saturated carbocycles. The summed E-state index contributed by atoms with van der Waals surface area (Å²) in [6, 6.07) is 2.17. The summed E-state index contributed by atoms with van der Waals surface area (Å²) in [4.78, 5) is 12.7. The lowest BCUT2D eigenvalue weighted by molar-refractivity contribution is -0.139. The van der Waals surface area contributed by atoms with Crippen molar-refractivity contribution in [3.63, 3.8) is 0 Å². The van der Waals surface area contributed by atoms with E-state index in [9.17, 15) is 4.79 Å². The fraction of sp³-hybridized carbons (Fsp3) is 0.636. The van der Waals surface area contributed by atoms with Gasteiger partial charge in [-0.2, -0.15) is 5.10 Å². The average molecular weight is 239 g/mol. The van der Waals surface area contributed by atoms with Crippen LogP contribution in [0.15, 0.2) is 6.07 Å². The molecule has 0 saturated heterocycles. The Bertz CT molecular complexity index is 416. The summed E-state index contributed by atoms with van der Waals surface area (Å²) < 4.78 is 6.98. The van der Waals surface area contributed by atoms with Gasteiger partial charge in [0.25, 0.3) is 0 Å². The first kappa shape index (κ1) is 12.1. The Morgan fingerprint density at radius 1 is 1.71 bits per heavy atom. The number of carbonyl (C=O) groups is 1. The van der Waals surface area contributed by atoms with Crippen molar-refractivity contribution >= 4 is 5.97 Å². The van der Waals surface area contributed by atoms with Gasteiger partial charge in [0.2, 0.25) is 0 Å². The molecule has 0 fully saturated rings. The highest BCUT2D eigenvalue weighted by molar-refractivity contribution is 5.69. The minimum atomic E-state index is -0.790. The molecule has 0 aromatic carbocycles. The number of ether oxygens (including phenoxy) is 1. The first-order chi connectivity index (χ1) is 8.10. The van der Waals surface area contributed by atoms with Crippen LogP contribution in [0.3, 0.4) is 0 Å². The second-order valence-electron chi connectivity index (χ2n) is 4.39. The Hall–Kier alpha value is -1.40. The van der Waals surface area contributed by atoms with Gasteiger partial charge in [0.1, 0.15) is 0 Å². The van der Waals surface area contributed by atoms with Crippen molar-refractivity contribution in [2.75, 3.05) is 13.7 Å². The Morgan fingerprint density at radius 2 is 2.47 bits per heavy atom. The molecule has 0 radical (unpaired) electrons. The van der Waals surface area contributed by atoms with E-state index in [1.807, 2.05) is 22.6 Å². The molecular formula is C11H17N3O3. The number of carboxylic acid groups (broad SMARTS) is 1. The van der Waals surface area contributed by atoms with Crippen molar-refractivity contribution in [3.05, 3.63) is 17.5 Å². The van der Waals surface area contributed by atoms with E-state index in [2.05, 4.69) is 5.10 Å². The van der Waals surface area contributed by atoms with E-state index in [-0.39, 0.29) is 12.6 Å². The van der Waals surface area contributed by atoms with E-state index in [0.29, 0.717) is 13.2 Å². The van der Waals surface area contributed by atoms with Crippen LogP contribution in [-0.2, 0) is 29.2 Å². The molecule has 6 nitrogen and oxygen atoms in total. The van der Waals surface area contributed by atoms with E-state index >= 15 is 0 Å². The van der Waals surface area contributed by atoms with Crippen molar-refractivity contribution in [2.45, 2.75) is 32.7 Å². The summed E-state index contributed by atoms with van der Waals surface area (Å²) in [7, 11) is 1.64. The van der Waals surface area contributed by atoms with Gasteiger partial charge in [0.15, 0.2) is 0 Å². The molecular weight excluding hydrogens is 222 g/mol. The van der Waals surface area contributed by atoms with Gasteiger partial charge in [-0.1, -0.05) is 0 Å². The molecule has 0 aliphatic carbocycles. The summed E-state index contributed by atoms with van der Waals surface area (Å²) >= 11 is 0. The van der Waals surface area contributed by atoms with E-state index in [1.165, 1.54) is 0 Å². The maximum absolute atomic E-state index is 10.7. The summed E-state index contributed by atoms with van der Waals surface area (Å²) in [5.74, 6) is -0.790. The average Bonchev–Trinajstić information content (AvgIpc) is 2.60. The van der Waals surface area contributed by atoms with Gasteiger partial charge in [0.05, 0.1) is 31.1 Å². The molecule has 0 amide bonds. The number of fused-ring (bicyclic) bond motifs is 1. The largest absolute Gasteiger partial charge is 0.480 e. The predicted molar refractivity (Wildman–Crippen MR) is 60.4 cm³/mol. The second kappa shape index (κ2) is 4.85. The van der Waals surface area contributed by atoms with Gasteiger partial charge in [-0.05, 0) is 13.0 Å². The zero-order valence-electron chi connectivity index (χ0n) is 10.1. The zero-order valence-corrected chi connectivity index (χ0v) is 10.1. The first-order valence-corrected chi connectivity index (χ1v) is 5.60. The minimum Gasteiger partial charge on any atom is -0.480 e. The van der Waals surface area contributed by atoms with E-state index in [4.69, 9.17) is 9.84 Å². The minimum absolute atomic E-state index is 0.0754. The third-order valence-electron chi connectivity index (χ3n) is 2.97. The molecule has 1 aromatic rings. The molecule has 2 rings (SSSR count). The van der Waals surface area contributed by atoms with Crippen molar-refractivity contribution < 1.29 is 14.6 Å². The number of methoxy groups -OCH3 is 1. The van der Waals surface area contributed by atoms with Crippen LogP contribution in [0, 0.1) is 0 Å². The molecule has 1 N–H and O–H groups in total. The van der Waals surface area contributed by atoms with Crippen LogP contribution in [0.2, 0.25) is 0 Å². The van der Waals surface area contributed by atoms with Crippen LogP contribution in [0.4, 0.5) is 0 Å². The SMILES string of the molecule is COCc1cc2n(n1)CC(C)N(CC(=O)O)C2.